The number of H-pyrrole nitrogens is 1. The fraction of sp³-hybridized carbons (Fsp3) is 0.160. The number of para-hydroxylation sites is 1. The molecule has 34 heavy (non-hydrogen) atoms. The van der Waals surface area contributed by atoms with Gasteiger partial charge in [-0.3, -0.25) is 9.89 Å². The molecule has 0 spiro atoms. The van der Waals surface area contributed by atoms with E-state index in [-0.39, 0.29) is 5.91 Å². The Kier molecular flexibility index (Phi) is 5.98. The Bertz CT molecular complexity index is 1310. The molecule has 3 heterocycles. The summed E-state index contributed by atoms with van der Waals surface area (Å²) in [5.74, 6) is 1.62. The van der Waals surface area contributed by atoms with Crippen molar-refractivity contribution in [2.45, 2.75) is 6.54 Å². The lowest BCUT2D eigenvalue weighted by molar-refractivity contribution is 0.0951. The highest BCUT2D eigenvalue weighted by Gasteiger charge is 2.19. The molecular formula is C25H23N5O4. The maximum atomic E-state index is 12.6. The number of rotatable bonds is 7. The van der Waals surface area contributed by atoms with Crippen molar-refractivity contribution < 1.29 is 19.0 Å². The van der Waals surface area contributed by atoms with Crippen LogP contribution in [0.25, 0.3) is 11.3 Å². The number of carbonyl (C=O) groups is 1. The number of amides is 1. The van der Waals surface area contributed by atoms with Crippen LogP contribution >= 0.6 is 0 Å². The van der Waals surface area contributed by atoms with Gasteiger partial charge in [0.25, 0.3) is 5.91 Å². The van der Waals surface area contributed by atoms with E-state index in [2.05, 4.69) is 25.8 Å². The van der Waals surface area contributed by atoms with Crippen molar-refractivity contribution in [3.8, 4) is 28.6 Å². The van der Waals surface area contributed by atoms with Crippen LogP contribution in [0.15, 0.2) is 67.0 Å². The number of carbonyl (C=O) groups excluding carboxylic acids is 1. The molecule has 0 radical (unpaired) electrons. The lowest BCUT2D eigenvalue weighted by Gasteiger charge is -2.21. The van der Waals surface area contributed by atoms with Crippen molar-refractivity contribution in [1.82, 2.24) is 20.5 Å². The summed E-state index contributed by atoms with van der Waals surface area (Å²) in [4.78, 5) is 17.2. The second-order valence-corrected chi connectivity index (χ2v) is 7.58. The van der Waals surface area contributed by atoms with Crippen molar-refractivity contribution in [3.63, 3.8) is 0 Å². The highest BCUT2D eigenvalue weighted by molar-refractivity contribution is 5.95. The number of aromatic amines is 1. The molecule has 0 fully saturated rings. The monoisotopic (exact) mass is 457 g/mol. The maximum Gasteiger partial charge on any atom is 0.251 e. The molecular weight excluding hydrogens is 434 g/mol. The van der Waals surface area contributed by atoms with E-state index in [4.69, 9.17) is 14.2 Å². The van der Waals surface area contributed by atoms with Gasteiger partial charge in [0.1, 0.15) is 18.9 Å². The van der Waals surface area contributed by atoms with Crippen LogP contribution in [-0.4, -0.2) is 41.4 Å². The van der Waals surface area contributed by atoms with Crippen molar-refractivity contribution in [2.75, 3.05) is 25.6 Å². The number of nitrogens with zero attached hydrogens (tertiary/aromatic N) is 2. The fourth-order valence-electron chi connectivity index (χ4n) is 3.67. The Labute approximate surface area is 196 Å². The Morgan fingerprint density at radius 3 is 2.85 bits per heavy atom. The molecule has 0 bridgehead atoms. The first-order valence-corrected chi connectivity index (χ1v) is 10.8. The normalized spacial score (nSPS) is 12.1. The molecule has 2 aromatic heterocycles. The largest absolute Gasteiger partial charge is 0.486 e. The number of methoxy groups -OCH3 is 1. The molecule has 0 unspecified atom stereocenters. The number of pyridine rings is 1. The average Bonchev–Trinajstić information content (AvgIpc) is 3.41. The fourth-order valence-corrected chi connectivity index (χ4v) is 3.67. The van der Waals surface area contributed by atoms with Crippen LogP contribution in [0.3, 0.4) is 0 Å². The van der Waals surface area contributed by atoms with Gasteiger partial charge in [-0.25, -0.2) is 4.98 Å². The van der Waals surface area contributed by atoms with E-state index in [1.165, 1.54) is 0 Å². The molecule has 172 valence electrons. The molecule has 1 aliphatic rings. The first-order chi connectivity index (χ1) is 16.7. The smallest absolute Gasteiger partial charge is 0.251 e. The summed E-state index contributed by atoms with van der Waals surface area (Å²) in [7, 11) is 1.57. The molecule has 1 amide bonds. The molecule has 0 aliphatic carbocycles. The number of fused-ring (bicyclic) bond motifs is 1. The molecule has 5 rings (SSSR count). The summed E-state index contributed by atoms with van der Waals surface area (Å²) in [6.07, 6.45) is 3.41. The van der Waals surface area contributed by atoms with Gasteiger partial charge in [-0.2, -0.15) is 5.10 Å². The van der Waals surface area contributed by atoms with E-state index in [1.54, 1.807) is 31.6 Å². The van der Waals surface area contributed by atoms with Crippen LogP contribution < -0.4 is 24.8 Å². The quantitative estimate of drug-likeness (QED) is 0.386. The van der Waals surface area contributed by atoms with Gasteiger partial charge in [0.2, 0.25) is 5.88 Å². The van der Waals surface area contributed by atoms with Crippen molar-refractivity contribution in [2.24, 2.45) is 0 Å². The molecule has 4 aromatic rings. The zero-order valence-corrected chi connectivity index (χ0v) is 18.5. The molecule has 1 aliphatic heterocycles. The Morgan fingerprint density at radius 2 is 2.00 bits per heavy atom. The minimum atomic E-state index is -0.179. The molecule has 9 nitrogen and oxygen atoms in total. The first kappa shape index (κ1) is 21.3. The third-order valence-electron chi connectivity index (χ3n) is 5.31. The molecule has 2 aromatic carbocycles. The Balaban J connectivity index is 1.35. The maximum absolute atomic E-state index is 12.6. The molecule has 0 saturated heterocycles. The number of benzene rings is 2. The van der Waals surface area contributed by atoms with Gasteiger partial charge >= 0.3 is 0 Å². The van der Waals surface area contributed by atoms with E-state index >= 15 is 0 Å². The average molecular weight is 457 g/mol. The van der Waals surface area contributed by atoms with E-state index in [0.29, 0.717) is 54.1 Å². The third-order valence-corrected chi connectivity index (χ3v) is 5.31. The van der Waals surface area contributed by atoms with Gasteiger partial charge in [0, 0.05) is 35.1 Å². The van der Waals surface area contributed by atoms with Gasteiger partial charge in [-0.05, 0) is 42.5 Å². The number of anilines is 2. The highest BCUT2D eigenvalue weighted by Crippen LogP contribution is 2.40. The zero-order valence-electron chi connectivity index (χ0n) is 18.5. The minimum absolute atomic E-state index is 0.179. The van der Waals surface area contributed by atoms with Crippen molar-refractivity contribution in [1.29, 1.82) is 0 Å². The van der Waals surface area contributed by atoms with Crippen LogP contribution in [0.2, 0.25) is 0 Å². The first-order valence-electron chi connectivity index (χ1n) is 10.8. The van der Waals surface area contributed by atoms with E-state index in [0.717, 1.165) is 16.8 Å². The SMILES string of the molecule is COc1nc(-c2cccc3c2OCCO3)ccc1Nc1cccc(C(=O)NCc2cn[nH]c2)c1. The summed E-state index contributed by atoms with van der Waals surface area (Å²) in [5.41, 5.74) is 4.37. The van der Waals surface area contributed by atoms with E-state index in [1.807, 2.05) is 42.5 Å². The topological polar surface area (TPSA) is 110 Å². The number of hydrogen-bond donors (Lipinski definition) is 3. The van der Waals surface area contributed by atoms with Crippen LogP contribution in [0.5, 0.6) is 17.4 Å². The lowest BCUT2D eigenvalue weighted by Crippen LogP contribution is -2.22. The van der Waals surface area contributed by atoms with E-state index < -0.39 is 0 Å². The van der Waals surface area contributed by atoms with E-state index in [9.17, 15) is 4.79 Å². The molecule has 0 atom stereocenters. The second kappa shape index (κ2) is 9.53. The van der Waals surface area contributed by atoms with Gasteiger partial charge in [0.15, 0.2) is 11.5 Å². The van der Waals surface area contributed by atoms with Crippen molar-refractivity contribution in [3.05, 3.63) is 78.1 Å². The third kappa shape index (κ3) is 4.49. The van der Waals surface area contributed by atoms with Crippen molar-refractivity contribution >= 4 is 17.3 Å². The summed E-state index contributed by atoms with van der Waals surface area (Å²) >= 11 is 0. The van der Waals surface area contributed by atoms with Crippen LogP contribution in [0.1, 0.15) is 15.9 Å². The standard InChI is InChI=1S/C25H23N5O4/c1-32-25-21(9-8-20(30-25)19-6-3-7-22-23(19)34-11-10-33-22)29-18-5-2-4-17(12-18)24(31)26-13-16-14-27-28-15-16/h2-9,12,14-15,29H,10-11,13H2,1H3,(H,26,31)(H,27,28). The number of nitrogens with one attached hydrogen (secondary N) is 3. The predicted molar refractivity (Wildman–Crippen MR) is 127 cm³/mol. The van der Waals surface area contributed by atoms with Gasteiger partial charge < -0.3 is 24.8 Å². The summed E-state index contributed by atoms with van der Waals surface area (Å²) in [6.45, 7) is 1.41. The predicted octanol–water partition coefficient (Wildman–Crippen LogP) is 3.93. The highest BCUT2D eigenvalue weighted by atomic mass is 16.6. The second-order valence-electron chi connectivity index (χ2n) is 7.58. The summed E-state index contributed by atoms with van der Waals surface area (Å²) in [5, 5.41) is 12.8. The van der Waals surface area contributed by atoms with Crippen LogP contribution in [0, 0.1) is 0 Å². The Morgan fingerprint density at radius 1 is 1.12 bits per heavy atom. The molecule has 3 N–H and O–H groups in total. The zero-order chi connectivity index (χ0) is 23.3. The van der Waals surface area contributed by atoms with Gasteiger partial charge in [-0.15, -0.1) is 0 Å². The van der Waals surface area contributed by atoms with Gasteiger partial charge in [-0.1, -0.05) is 12.1 Å². The minimum Gasteiger partial charge on any atom is -0.486 e. The number of ether oxygens (including phenoxy) is 3. The van der Waals surface area contributed by atoms with Crippen LogP contribution in [0.4, 0.5) is 11.4 Å². The lowest BCUT2D eigenvalue weighted by atomic mass is 10.1. The Hall–Kier alpha value is -4.53. The summed E-state index contributed by atoms with van der Waals surface area (Å²) in [6, 6.07) is 16.7. The number of hydrogen-bond acceptors (Lipinski definition) is 7. The molecule has 9 heteroatoms. The van der Waals surface area contributed by atoms with Crippen LogP contribution in [-0.2, 0) is 6.54 Å². The van der Waals surface area contributed by atoms with Gasteiger partial charge in [0.05, 0.1) is 19.0 Å². The summed E-state index contributed by atoms with van der Waals surface area (Å²) < 4.78 is 17.1. The number of aromatic nitrogens is 3. The molecule has 0 saturated carbocycles.